The number of carbonyl (C=O) groups is 2. The lowest BCUT2D eigenvalue weighted by Crippen LogP contribution is -2.27. The van der Waals surface area contributed by atoms with E-state index < -0.39 is 0 Å². The molecule has 0 aliphatic carbocycles. The number of nitrogens with one attached hydrogen (secondary N) is 1. The summed E-state index contributed by atoms with van der Waals surface area (Å²) in [7, 11) is 0. The van der Waals surface area contributed by atoms with Crippen molar-refractivity contribution in [3.63, 3.8) is 0 Å². The molecule has 0 radical (unpaired) electrons. The van der Waals surface area contributed by atoms with Crippen molar-refractivity contribution in [3.05, 3.63) is 11.7 Å². The Labute approximate surface area is 111 Å². The second kappa shape index (κ2) is 5.81. The van der Waals surface area contributed by atoms with Crippen LogP contribution in [0.5, 0.6) is 0 Å². The molecule has 0 bridgehead atoms. The van der Waals surface area contributed by atoms with E-state index in [2.05, 4.69) is 15.5 Å². The largest absolute Gasteiger partial charge is 0.349 e. The van der Waals surface area contributed by atoms with Gasteiger partial charge in [0.1, 0.15) is 6.04 Å². The van der Waals surface area contributed by atoms with Gasteiger partial charge in [-0.15, -0.1) is 0 Å². The second-order valence-corrected chi connectivity index (χ2v) is 4.41. The Kier molecular flexibility index (Phi) is 4.13. The van der Waals surface area contributed by atoms with Gasteiger partial charge in [-0.25, -0.2) is 0 Å². The Balaban J connectivity index is 2.00. The molecule has 1 fully saturated rings. The fourth-order valence-electron chi connectivity index (χ4n) is 2.16. The van der Waals surface area contributed by atoms with Crippen molar-refractivity contribution in [1.82, 2.24) is 20.4 Å². The lowest BCUT2D eigenvalue weighted by Gasteiger charge is -2.19. The standard InChI is InChI=1S/C12H18N4O3/c1-3-10(17)13-7-9-14-12(19-15-9)8-5-6-11(18)16(8)4-2/h8H,3-7H2,1-2H3,(H,13,17)/t8-/m0/s1. The maximum Gasteiger partial charge on any atom is 0.249 e. The molecule has 1 N–H and O–H groups in total. The van der Waals surface area contributed by atoms with Crippen molar-refractivity contribution in [2.75, 3.05) is 6.54 Å². The zero-order chi connectivity index (χ0) is 13.8. The van der Waals surface area contributed by atoms with E-state index in [-0.39, 0.29) is 24.4 Å². The highest BCUT2D eigenvalue weighted by Gasteiger charge is 2.34. The van der Waals surface area contributed by atoms with E-state index >= 15 is 0 Å². The average molecular weight is 266 g/mol. The smallest absolute Gasteiger partial charge is 0.249 e. The van der Waals surface area contributed by atoms with Gasteiger partial charge in [0.25, 0.3) is 0 Å². The summed E-state index contributed by atoms with van der Waals surface area (Å²) in [5, 5.41) is 6.50. The van der Waals surface area contributed by atoms with Crippen LogP contribution in [0.4, 0.5) is 0 Å². The molecule has 2 amide bonds. The molecule has 19 heavy (non-hydrogen) atoms. The number of nitrogens with zero attached hydrogens (tertiary/aromatic N) is 3. The number of rotatable bonds is 5. The molecule has 7 nitrogen and oxygen atoms in total. The first-order valence-corrected chi connectivity index (χ1v) is 6.54. The topological polar surface area (TPSA) is 88.3 Å². The van der Waals surface area contributed by atoms with Crippen LogP contribution < -0.4 is 5.32 Å². The first kappa shape index (κ1) is 13.5. The normalized spacial score (nSPS) is 18.9. The van der Waals surface area contributed by atoms with Crippen LogP contribution in [0.1, 0.15) is 50.9 Å². The summed E-state index contributed by atoms with van der Waals surface area (Å²) < 4.78 is 5.19. The number of hydrogen-bond donors (Lipinski definition) is 1. The monoisotopic (exact) mass is 266 g/mol. The number of hydrogen-bond acceptors (Lipinski definition) is 5. The van der Waals surface area contributed by atoms with Crippen molar-refractivity contribution in [3.8, 4) is 0 Å². The van der Waals surface area contributed by atoms with Crippen molar-refractivity contribution in [1.29, 1.82) is 0 Å². The maximum atomic E-state index is 11.6. The summed E-state index contributed by atoms with van der Waals surface area (Å²) in [6.45, 7) is 4.59. The van der Waals surface area contributed by atoms with E-state index in [1.807, 2.05) is 6.92 Å². The Morgan fingerprint density at radius 1 is 1.53 bits per heavy atom. The molecule has 0 unspecified atom stereocenters. The zero-order valence-corrected chi connectivity index (χ0v) is 11.2. The molecule has 0 spiro atoms. The highest BCUT2D eigenvalue weighted by atomic mass is 16.5. The third kappa shape index (κ3) is 2.91. The molecule has 1 aromatic heterocycles. The fraction of sp³-hybridized carbons (Fsp3) is 0.667. The molecule has 0 saturated carbocycles. The van der Waals surface area contributed by atoms with E-state index in [9.17, 15) is 9.59 Å². The predicted octanol–water partition coefficient (Wildman–Crippen LogP) is 0.779. The van der Waals surface area contributed by atoms with Crippen LogP contribution in [0.3, 0.4) is 0 Å². The molecular weight excluding hydrogens is 248 g/mol. The van der Waals surface area contributed by atoms with Crippen LogP contribution in [0, 0.1) is 0 Å². The Morgan fingerprint density at radius 2 is 2.32 bits per heavy atom. The molecule has 2 heterocycles. The van der Waals surface area contributed by atoms with Gasteiger partial charge in [0.15, 0.2) is 5.82 Å². The summed E-state index contributed by atoms with van der Waals surface area (Å²) >= 11 is 0. The third-order valence-corrected chi connectivity index (χ3v) is 3.20. The number of likely N-dealkylation sites (tertiary alicyclic amines) is 1. The van der Waals surface area contributed by atoms with E-state index in [1.54, 1.807) is 11.8 Å². The molecule has 7 heteroatoms. The van der Waals surface area contributed by atoms with Gasteiger partial charge in [-0.3, -0.25) is 9.59 Å². The van der Waals surface area contributed by atoms with Crippen molar-refractivity contribution < 1.29 is 14.1 Å². The molecule has 2 rings (SSSR count). The predicted molar refractivity (Wildman–Crippen MR) is 65.8 cm³/mol. The average Bonchev–Trinajstić information content (AvgIpc) is 3.01. The molecule has 1 atom stereocenters. The van der Waals surface area contributed by atoms with E-state index in [0.29, 0.717) is 37.5 Å². The Hall–Kier alpha value is -1.92. The summed E-state index contributed by atoms with van der Waals surface area (Å²) in [6.07, 6.45) is 1.64. The van der Waals surface area contributed by atoms with Crippen LogP contribution in [0.2, 0.25) is 0 Å². The first-order chi connectivity index (χ1) is 9.15. The molecule has 0 aromatic carbocycles. The highest BCUT2D eigenvalue weighted by Crippen LogP contribution is 2.31. The minimum Gasteiger partial charge on any atom is -0.349 e. The second-order valence-electron chi connectivity index (χ2n) is 4.41. The lowest BCUT2D eigenvalue weighted by molar-refractivity contribution is -0.129. The zero-order valence-electron chi connectivity index (χ0n) is 11.2. The van der Waals surface area contributed by atoms with Gasteiger partial charge in [-0.05, 0) is 13.3 Å². The molecule has 1 aromatic rings. The van der Waals surface area contributed by atoms with Crippen LogP contribution >= 0.6 is 0 Å². The molecule has 1 aliphatic rings. The summed E-state index contributed by atoms with van der Waals surface area (Å²) in [6, 6.07) is -0.124. The van der Waals surface area contributed by atoms with Crippen LogP contribution in [0.15, 0.2) is 4.52 Å². The summed E-state index contributed by atoms with van der Waals surface area (Å²) in [5.74, 6) is 0.949. The van der Waals surface area contributed by atoms with Gasteiger partial charge in [0.05, 0.1) is 6.54 Å². The van der Waals surface area contributed by atoms with Crippen molar-refractivity contribution in [2.45, 2.75) is 45.7 Å². The van der Waals surface area contributed by atoms with Gasteiger partial charge in [0, 0.05) is 19.4 Å². The van der Waals surface area contributed by atoms with E-state index in [4.69, 9.17) is 4.52 Å². The summed E-state index contributed by atoms with van der Waals surface area (Å²) in [4.78, 5) is 28.8. The Bertz CT molecular complexity index is 471. The number of aromatic nitrogens is 2. The van der Waals surface area contributed by atoms with Gasteiger partial charge in [-0.2, -0.15) is 4.98 Å². The molecule has 1 saturated heterocycles. The minimum atomic E-state index is -0.124. The molecule has 1 aliphatic heterocycles. The van der Waals surface area contributed by atoms with Crippen LogP contribution in [-0.2, 0) is 16.1 Å². The third-order valence-electron chi connectivity index (χ3n) is 3.20. The van der Waals surface area contributed by atoms with E-state index in [1.165, 1.54) is 0 Å². The SMILES string of the molecule is CCC(=O)NCc1noc([C@@H]2CCC(=O)N2CC)n1. The molecular formula is C12H18N4O3. The van der Waals surface area contributed by atoms with Crippen molar-refractivity contribution in [2.24, 2.45) is 0 Å². The van der Waals surface area contributed by atoms with Gasteiger partial charge < -0.3 is 14.7 Å². The minimum absolute atomic E-state index is 0.0578. The lowest BCUT2D eigenvalue weighted by atomic mass is 10.2. The maximum absolute atomic E-state index is 11.6. The van der Waals surface area contributed by atoms with Crippen molar-refractivity contribution >= 4 is 11.8 Å². The number of amides is 2. The molecule has 104 valence electrons. The van der Waals surface area contributed by atoms with Crippen LogP contribution in [-0.4, -0.2) is 33.4 Å². The Morgan fingerprint density at radius 3 is 3.00 bits per heavy atom. The van der Waals surface area contributed by atoms with Gasteiger partial charge in [-0.1, -0.05) is 12.1 Å². The van der Waals surface area contributed by atoms with Gasteiger partial charge >= 0.3 is 0 Å². The highest BCUT2D eigenvalue weighted by molar-refractivity contribution is 5.78. The number of carbonyl (C=O) groups excluding carboxylic acids is 2. The summed E-state index contributed by atoms with van der Waals surface area (Å²) in [5.41, 5.74) is 0. The van der Waals surface area contributed by atoms with Gasteiger partial charge in [0.2, 0.25) is 17.7 Å². The quantitative estimate of drug-likeness (QED) is 0.850. The first-order valence-electron chi connectivity index (χ1n) is 6.54. The van der Waals surface area contributed by atoms with E-state index in [0.717, 1.165) is 0 Å². The van der Waals surface area contributed by atoms with Crippen LogP contribution in [0.25, 0.3) is 0 Å². The fourth-order valence-corrected chi connectivity index (χ4v) is 2.16.